The van der Waals surface area contributed by atoms with Crippen molar-refractivity contribution in [2.75, 3.05) is 5.33 Å². The van der Waals surface area contributed by atoms with Gasteiger partial charge in [0.15, 0.2) is 0 Å². The molecule has 5 heteroatoms. The minimum absolute atomic E-state index is 0.0879. The maximum atomic E-state index is 12.6. The molecule has 2 aliphatic rings. The molecule has 0 radical (unpaired) electrons. The lowest BCUT2D eigenvalue weighted by Gasteiger charge is -2.40. The zero-order valence-electron chi connectivity index (χ0n) is 13.3. The molecule has 0 amide bonds. The van der Waals surface area contributed by atoms with Crippen LogP contribution in [0.1, 0.15) is 38.7 Å². The third-order valence-electron chi connectivity index (χ3n) is 6.15. The molecule has 2 fully saturated rings. The highest BCUT2D eigenvalue weighted by molar-refractivity contribution is 9.09. The molecule has 0 spiro atoms. The summed E-state index contributed by atoms with van der Waals surface area (Å²) >= 11 is 3.63. The quantitative estimate of drug-likeness (QED) is 0.572. The topological polar surface area (TPSA) is 43.4 Å². The summed E-state index contributed by atoms with van der Waals surface area (Å²) in [7, 11) is -3.70. The molecule has 3 nitrogen and oxygen atoms in total. The van der Waals surface area contributed by atoms with E-state index in [9.17, 15) is 8.42 Å². The summed E-state index contributed by atoms with van der Waals surface area (Å²) < 4.78 is 30.9. The average molecular weight is 387 g/mol. The smallest absolute Gasteiger partial charge is 0.262 e. The predicted octanol–water partition coefficient (Wildman–Crippen LogP) is 4.29. The largest absolute Gasteiger partial charge is 0.297 e. The molecule has 3 atom stereocenters. The molecule has 0 heterocycles. The number of alkyl halides is 1. The zero-order valence-corrected chi connectivity index (χ0v) is 15.7. The number of aryl methyl sites for hydroxylation is 1. The van der Waals surface area contributed by atoms with E-state index in [2.05, 4.69) is 29.8 Å². The van der Waals surface area contributed by atoms with E-state index in [4.69, 9.17) is 4.18 Å². The SMILES string of the molecule is Cc1ccc(S(=O)(=O)O[C@@H]2C[C@H]3CC[C@]2(CBr)C3(C)C)cc1. The Balaban J connectivity index is 1.89. The van der Waals surface area contributed by atoms with Crippen LogP contribution in [-0.4, -0.2) is 19.9 Å². The summed E-state index contributed by atoms with van der Waals surface area (Å²) in [5.74, 6) is 0.545. The molecule has 2 bridgehead atoms. The fourth-order valence-electron chi connectivity index (χ4n) is 4.36. The number of benzene rings is 1. The van der Waals surface area contributed by atoms with E-state index in [1.54, 1.807) is 24.3 Å². The van der Waals surface area contributed by atoms with E-state index in [1.165, 1.54) is 6.42 Å². The van der Waals surface area contributed by atoms with Crippen molar-refractivity contribution in [3.05, 3.63) is 29.8 Å². The van der Waals surface area contributed by atoms with Crippen LogP contribution >= 0.6 is 15.9 Å². The monoisotopic (exact) mass is 386 g/mol. The molecule has 0 N–H and O–H groups in total. The predicted molar refractivity (Wildman–Crippen MR) is 90.6 cm³/mol. The van der Waals surface area contributed by atoms with Gasteiger partial charge in [-0.3, -0.25) is 4.18 Å². The van der Waals surface area contributed by atoms with Gasteiger partial charge in [0.05, 0.1) is 11.0 Å². The number of hydrogen-bond donors (Lipinski definition) is 0. The van der Waals surface area contributed by atoms with Gasteiger partial charge >= 0.3 is 0 Å². The molecule has 22 heavy (non-hydrogen) atoms. The molecule has 2 saturated carbocycles. The highest BCUT2D eigenvalue weighted by Gasteiger charge is 2.64. The van der Waals surface area contributed by atoms with Crippen LogP contribution < -0.4 is 0 Å². The van der Waals surface area contributed by atoms with Crippen molar-refractivity contribution >= 4 is 26.0 Å². The van der Waals surface area contributed by atoms with Gasteiger partial charge < -0.3 is 0 Å². The number of fused-ring (bicyclic) bond motifs is 2. The lowest BCUT2D eigenvalue weighted by atomic mass is 9.70. The summed E-state index contributed by atoms with van der Waals surface area (Å²) in [6.45, 7) is 6.46. The van der Waals surface area contributed by atoms with Crippen LogP contribution in [0.25, 0.3) is 0 Å². The first-order valence-corrected chi connectivity index (χ1v) is 10.3. The van der Waals surface area contributed by atoms with Crippen LogP contribution in [0.2, 0.25) is 0 Å². The van der Waals surface area contributed by atoms with Crippen LogP contribution in [0.15, 0.2) is 29.2 Å². The van der Waals surface area contributed by atoms with Crippen molar-refractivity contribution in [3.8, 4) is 0 Å². The van der Waals surface area contributed by atoms with Gasteiger partial charge in [-0.1, -0.05) is 47.5 Å². The average Bonchev–Trinajstić information content (AvgIpc) is 2.82. The van der Waals surface area contributed by atoms with Crippen LogP contribution in [0, 0.1) is 23.7 Å². The van der Waals surface area contributed by atoms with Crippen LogP contribution in [0.3, 0.4) is 0 Å². The molecule has 1 aromatic rings. The second-order valence-corrected chi connectivity index (χ2v) is 9.47. The van der Waals surface area contributed by atoms with Crippen molar-refractivity contribution < 1.29 is 12.6 Å². The maximum Gasteiger partial charge on any atom is 0.297 e. The van der Waals surface area contributed by atoms with Gasteiger partial charge in [0.1, 0.15) is 0 Å². The number of rotatable bonds is 4. The van der Waals surface area contributed by atoms with Gasteiger partial charge in [-0.25, -0.2) is 0 Å². The van der Waals surface area contributed by atoms with E-state index >= 15 is 0 Å². The second kappa shape index (κ2) is 5.32. The van der Waals surface area contributed by atoms with E-state index in [1.807, 2.05) is 6.92 Å². The number of halogens is 1. The molecular weight excluding hydrogens is 364 g/mol. The summed E-state index contributed by atoms with van der Waals surface area (Å²) in [6, 6.07) is 6.87. The van der Waals surface area contributed by atoms with Crippen LogP contribution in [0.4, 0.5) is 0 Å². The van der Waals surface area contributed by atoms with Gasteiger partial charge in [0.25, 0.3) is 10.1 Å². The summed E-state index contributed by atoms with van der Waals surface area (Å²) in [6.07, 6.45) is 2.81. The van der Waals surface area contributed by atoms with E-state index in [0.29, 0.717) is 5.92 Å². The van der Waals surface area contributed by atoms with Crippen LogP contribution in [0.5, 0.6) is 0 Å². The minimum Gasteiger partial charge on any atom is -0.262 e. The van der Waals surface area contributed by atoms with Gasteiger partial charge in [-0.15, -0.1) is 0 Å². The Morgan fingerprint density at radius 3 is 2.45 bits per heavy atom. The number of hydrogen-bond acceptors (Lipinski definition) is 3. The van der Waals surface area contributed by atoms with Gasteiger partial charge in [0, 0.05) is 10.7 Å². The van der Waals surface area contributed by atoms with Crippen molar-refractivity contribution in [2.45, 2.75) is 51.0 Å². The second-order valence-electron chi connectivity index (χ2n) is 7.33. The molecule has 0 aromatic heterocycles. The van der Waals surface area contributed by atoms with Gasteiger partial charge in [-0.2, -0.15) is 8.42 Å². The first kappa shape index (κ1) is 16.5. The fraction of sp³-hybridized carbons (Fsp3) is 0.647. The lowest BCUT2D eigenvalue weighted by molar-refractivity contribution is 0.0401. The van der Waals surface area contributed by atoms with Gasteiger partial charge in [0.2, 0.25) is 0 Å². The third-order valence-corrected chi connectivity index (χ3v) is 8.48. The Labute approximate surface area is 141 Å². The molecule has 2 aliphatic carbocycles. The highest BCUT2D eigenvalue weighted by Crippen LogP contribution is 2.67. The van der Waals surface area contributed by atoms with Crippen molar-refractivity contribution in [2.24, 2.45) is 16.7 Å². The first-order chi connectivity index (χ1) is 10.2. The Kier molecular flexibility index (Phi) is 3.98. The van der Waals surface area contributed by atoms with E-state index in [0.717, 1.165) is 23.7 Å². The normalized spacial score (nSPS) is 33.3. The van der Waals surface area contributed by atoms with Crippen molar-refractivity contribution in [1.82, 2.24) is 0 Å². The molecule has 122 valence electrons. The lowest BCUT2D eigenvalue weighted by Crippen LogP contribution is -2.42. The molecule has 0 unspecified atom stereocenters. The van der Waals surface area contributed by atoms with Gasteiger partial charge in [-0.05, 0) is 49.7 Å². The van der Waals surface area contributed by atoms with E-state index < -0.39 is 10.1 Å². The maximum absolute atomic E-state index is 12.6. The first-order valence-electron chi connectivity index (χ1n) is 7.79. The molecule has 0 aliphatic heterocycles. The Morgan fingerprint density at radius 1 is 1.27 bits per heavy atom. The summed E-state index contributed by atoms with van der Waals surface area (Å²) in [5, 5.41) is 0.789. The molecule has 0 saturated heterocycles. The Hall–Kier alpha value is -0.390. The Morgan fingerprint density at radius 2 is 1.91 bits per heavy atom. The van der Waals surface area contributed by atoms with E-state index in [-0.39, 0.29) is 21.8 Å². The summed E-state index contributed by atoms with van der Waals surface area (Å²) in [5.41, 5.74) is 1.07. The zero-order chi connectivity index (χ0) is 16.2. The molecule has 1 aromatic carbocycles. The third kappa shape index (κ3) is 2.28. The highest BCUT2D eigenvalue weighted by atomic mass is 79.9. The fourth-order valence-corrected chi connectivity index (χ4v) is 6.88. The van der Waals surface area contributed by atoms with Crippen molar-refractivity contribution in [3.63, 3.8) is 0 Å². The molecule has 3 rings (SSSR count). The standard InChI is InChI=1S/C17H23BrO3S/c1-12-4-6-14(7-5-12)22(19,20)21-15-10-13-8-9-17(15,11-18)16(13,2)3/h4-7,13,15H,8-11H2,1-3H3/t13-,15-,17-/m1/s1. The van der Waals surface area contributed by atoms with Crippen molar-refractivity contribution in [1.29, 1.82) is 0 Å². The Bertz CT molecular complexity index is 666. The molecular formula is C17H23BrO3S. The summed E-state index contributed by atoms with van der Waals surface area (Å²) in [4.78, 5) is 0.253. The van der Waals surface area contributed by atoms with Crippen LogP contribution in [-0.2, 0) is 14.3 Å². The minimum atomic E-state index is -3.70.